The molecular weight excluding hydrogens is 412 g/mol. The summed E-state index contributed by atoms with van der Waals surface area (Å²) in [5, 5.41) is 11.3. The molecule has 0 bridgehead atoms. The van der Waals surface area contributed by atoms with Crippen molar-refractivity contribution in [1.29, 1.82) is 0 Å². The normalized spacial score (nSPS) is 16.5. The van der Waals surface area contributed by atoms with E-state index in [9.17, 15) is 9.90 Å². The first-order valence-electron chi connectivity index (χ1n) is 10.2. The van der Waals surface area contributed by atoms with Gasteiger partial charge in [0.2, 0.25) is 0 Å². The van der Waals surface area contributed by atoms with E-state index >= 15 is 0 Å². The molecule has 1 aliphatic rings. The van der Waals surface area contributed by atoms with Crippen molar-refractivity contribution in [3.63, 3.8) is 0 Å². The largest absolute Gasteiger partial charge is 0.506 e. The van der Waals surface area contributed by atoms with Crippen molar-refractivity contribution in [3.05, 3.63) is 69.1 Å². The van der Waals surface area contributed by atoms with Crippen LogP contribution in [0.3, 0.4) is 0 Å². The molecule has 1 aliphatic heterocycles. The van der Waals surface area contributed by atoms with E-state index in [1.54, 1.807) is 14.0 Å². The van der Waals surface area contributed by atoms with Gasteiger partial charge in [-0.1, -0.05) is 29.5 Å². The van der Waals surface area contributed by atoms with Gasteiger partial charge in [0.25, 0.3) is 0 Å². The molecule has 1 aromatic carbocycles. The highest BCUT2D eigenvalue weighted by Gasteiger charge is 2.33. The number of hydrogen-bond acceptors (Lipinski definition) is 6. The summed E-state index contributed by atoms with van der Waals surface area (Å²) >= 11 is 1.27. The number of carbonyl (C=O) groups excluding carboxylic acids is 1. The molecule has 2 aromatic rings. The maximum absolute atomic E-state index is 12.6. The van der Waals surface area contributed by atoms with E-state index in [0.29, 0.717) is 22.2 Å². The van der Waals surface area contributed by atoms with Crippen LogP contribution >= 0.6 is 11.8 Å². The molecule has 1 aromatic heterocycles. The molecule has 31 heavy (non-hydrogen) atoms. The Morgan fingerprint density at radius 1 is 1.23 bits per heavy atom. The number of methoxy groups -OCH3 is 1. The molecule has 0 fully saturated rings. The Kier molecular flexibility index (Phi) is 7.41. The Morgan fingerprint density at radius 2 is 1.94 bits per heavy atom. The lowest BCUT2D eigenvalue weighted by Gasteiger charge is -2.08. The summed E-state index contributed by atoms with van der Waals surface area (Å²) in [6, 6.07) is 9.74. The van der Waals surface area contributed by atoms with Gasteiger partial charge < -0.3 is 19.1 Å². The van der Waals surface area contributed by atoms with Crippen LogP contribution < -0.4 is 0 Å². The molecule has 7 heteroatoms. The number of ether oxygens (including phenoxy) is 2. The van der Waals surface area contributed by atoms with E-state index in [4.69, 9.17) is 9.47 Å². The smallest absolute Gasteiger partial charge is 0.344 e. The fourth-order valence-corrected chi connectivity index (χ4v) is 4.40. The molecule has 164 valence electrons. The number of aromatic nitrogens is 1. The molecule has 3 rings (SSSR count). The quantitative estimate of drug-likeness (QED) is 0.595. The zero-order valence-corrected chi connectivity index (χ0v) is 19.4. The van der Waals surface area contributed by atoms with Crippen molar-refractivity contribution in [2.45, 2.75) is 34.2 Å². The van der Waals surface area contributed by atoms with Crippen LogP contribution in [0.5, 0.6) is 0 Å². The van der Waals surface area contributed by atoms with Crippen LogP contribution in [0.15, 0.2) is 51.6 Å². The summed E-state index contributed by atoms with van der Waals surface area (Å²) in [5.41, 5.74) is 5.08. The van der Waals surface area contributed by atoms with Crippen LogP contribution in [0.1, 0.15) is 29.4 Å². The van der Waals surface area contributed by atoms with Crippen LogP contribution in [0, 0.1) is 20.8 Å². The fraction of sp³-hybridized carbons (Fsp3) is 0.333. The first-order valence-corrected chi connectivity index (χ1v) is 11.0. The molecule has 0 atom stereocenters. The number of benzene rings is 1. The lowest BCUT2D eigenvalue weighted by molar-refractivity contribution is -0.138. The number of aliphatic hydroxyl groups excluding tert-OH is 1. The second kappa shape index (κ2) is 10.0. The third-order valence-electron chi connectivity index (χ3n) is 5.05. The van der Waals surface area contributed by atoms with E-state index in [1.807, 2.05) is 51.1 Å². The van der Waals surface area contributed by atoms with E-state index in [1.165, 1.54) is 11.8 Å². The first-order chi connectivity index (χ1) is 14.8. The number of aryl methyl sites for hydroxylation is 2. The van der Waals surface area contributed by atoms with Crippen LogP contribution in [-0.2, 0) is 20.8 Å². The van der Waals surface area contributed by atoms with Gasteiger partial charge >= 0.3 is 5.97 Å². The van der Waals surface area contributed by atoms with E-state index in [-0.39, 0.29) is 17.9 Å². The predicted octanol–water partition coefficient (Wildman–Crippen LogP) is 5.25. The number of rotatable bonds is 7. The molecular formula is C24H28N2O4S. The minimum absolute atomic E-state index is 0.101. The van der Waals surface area contributed by atoms with Crippen molar-refractivity contribution in [3.8, 4) is 0 Å². The maximum Gasteiger partial charge on any atom is 0.344 e. The van der Waals surface area contributed by atoms with Crippen LogP contribution in [0.2, 0.25) is 0 Å². The van der Waals surface area contributed by atoms with Gasteiger partial charge in [0.05, 0.1) is 23.8 Å². The molecule has 6 nitrogen and oxygen atoms in total. The van der Waals surface area contributed by atoms with Crippen molar-refractivity contribution in [2.75, 3.05) is 20.3 Å². The third-order valence-corrected chi connectivity index (χ3v) is 6.07. The molecule has 0 spiro atoms. The molecule has 2 heterocycles. The lowest BCUT2D eigenvalue weighted by atomic mass is 10.1. The van der Waals surface area contributed by atoms with Crippen LogP contribution in [-0.4, -0.2) is 41.0 Å². The zero-order valence-electron chi connectivity index (χ0n) is 18.6. The van der Waals surface area contributed by atoms with Crippen molar-refractivity contribution < 1.29 is 19.4 Å². The average molecular weight is 441 g/mol. The Morgan fingerprint density at radius 3 is 2.58 bits per heavy atom. The second-order valence-corrected chi connectivity index (χ2v) is 8.31. The number of aliphatic hydroxyl groups is 1. The zero-order chi connectivity index (χ0) is 22.5. The SMILES string of the molecule is CCOC(=O)C1=C(O)/C(=C/c2cc(C)n(CCOC)c2C)SC1=Nc1ccc(C)cc1. The average Bonchev–Trinajstić information content (AvgIpc) is 3.18. The Labute approximate surface area is 187 Å². The number of hydrogen-bond donors (Lipinski definition) is 1. The van der Waals surface area contributed by atoms with E-state index in [2.05, 4.69) is 15.6 Å². The summed E-state index contributed by atoms with van der Waals surface area (Å²) in [7, 11) is 1.68. The topological polar surface area (TPSA) is 73.0 Å². The molecule has 0 unspecified atom stereocenters. The van der Waals surface area contributed by atoms with Gasteiger partial charge in [-0.05, 0) is 57.5 Å². The van der Waals surface area contributed by atoms with Crippen molar-refractivity contribution in [1.82, 2.24) is 4.57 Å². The van der Waals surface area contributed by atoms with E-state index < -0.39 is 5.97 Å². The van der Waals surface area contributed by atoms with Gasteiger partial charge in [-0.3, -0.25) is 0 Å². The van der Waals surface area contributed by atoms with Crippen LogP contribution in [0.25, 0.3) is 6.08 Å². The van der Waals surface area contributed by atoms with Gasteiger partial charge in [-0.25, -0.2) is 9.79 Å². The standard InChI is InChI=1S/C24H28N2O4S/c1-6-30-24(28)21-22(27)20(31-23(21)25-19-9-7-15(2)8-10-19)14-18-13-16(3)26(17(18)4)11-12-29-5/h7-10,13-14,27H,6,11-12H2,1-5H3/b20-14-,25-23?. The monoisotopic (exact) mass is 440 g/mol. The number of nitrogens with zero attached hydrogens (tertiary/aromatic N) is 2. The van der Waals surface area contributed by atoms with Gasteiger partial charge in [0.1, 0.15) is 16.4 Å². The third kappa shape index (κ3) is 5.11. The number of esters is 1. The van der Waals surface area contributed by atoms with Gasteiger partial charge in [-0.15, -0.1) is 0 Å². The summed E-state index contributed by atoms with van der Waals surface area (Å²) < 4.78 is 12.5. The van der Waals surface area contributed by atoms with Gasteiger partial charge in [0, 0.05) is 25.0 Å². The Hall–Kier alpha value is -2.77. The number of thioether (sulfide) groups is 1. The van der Waals surface area contributed by atoms with Crippen LogP contribution in [0.4, 0.5) is 5.69 Å². The molecule has 0 aliphatic carbocycles. The first kappa shape index (κ1) is 22.9. The lowest BCUT2D eigenvalue weighted by Crippen LogP contribution is -2.12. The van der Waals surface area contributed by atoms with Crippen molar-refractivity contribution >= 4 is 34.5 Å². The Bertz CT molecular complexity index is 1060. The molecule has 0 radical (unpaired) electrons. The summed E-state index contributed by atoms with van der Waals surface area (Å²) in [6.45, 7) is 9.39. The summed E-state index contributed by atoms with van der Waals surface area (Å²) in [6.07, 6.45) is 1.89. The maximum atomic E-state index is 12.6. The Balaban J connectivity index is 2.02. The highest BCUT2D eigenvalue weighted by molar-refractivity contribution is 8.18. The predicted molar refractivity (Wildman–Crippen MR) is 126 cm³/mol. The highest BCUT2D eigenvalue weighted by Crippen LogP contribution is 2.40. The molecule has 0 saturated carbocycles. The minimum atomic E-state index is -0.577. The fourth-order valence-electron chi connectivity index (χ4n) is 3.37. The highest BCUT2D eigenvalue weighted by atomic mass is 32.2. The summed E-state index contributed by atoms with van der Waals surface area (Å²) in [4.78, 5) is 17.8. The van der Waals surface area contributed by atoms with Gasteiger partial charge in [-0.2, -0.15) is 0 Å². The molecule has 1 N–H and O–H groups in total. The second-order valence-electron chi connectivity index (χ2n) is 7.28. The minimum Gasteiger partial charge on any atom is -0.506 e. The molecule has 0 saturated heterocycles. The van der Waals surface area contributed by atoms with E-state index in [0.717, 1.165) is 29.1 Å². The number of carbonyl (C=O) groups is 1. The van der Waals surface area contributed by atoms with Crippen molar-refractivity contribution in [2.24, 2.45) is 4.99 Å². The number of aliphatic imine (C=N–C) groups is 1. The molecule has 0 amide bonds. The summed E-state index contributed by atoms with van der Waals surface area (Å²) in [5.74, 6) is -0.677. The van der Waals surface area contributed by atoms with Gasteiger partial charge in [0.15, 0.2) is 0 Å².